The number of ether oxygens (including phenoxy) is 1. The first-order valence-corrected chi connectivity index (χ1v) is 5.43. The van der Waals surface area contributed by atoms with Crippen molar-refractivity contribution in [1.82, 2.24) is 9.55 Å². The van der Waals surface area contributed by atoms with Crippen LogP contribution in [0.25, 0.3) is 0 Å². The summed E-state index contributed by atoms with van der Waals surface area (Å²) in [7, 11) is 0. The van der Waals surface area contributed by atoms with E-state index in [0.717, 1.165) is 4.57 Å². The van der Waals surface area contributed by atoms with Gasteiger partial charge in [0, 0.05) is 6.20 Å². The Labute approximate surface area is 101 Å². The number of aliphatic hydroxyl groups is 3. The highest BCUT2D eigenvalue weighted by Gasteiger charge is 2.82. The second-order valence-electron chi connectivity index (χ2n) is 4.87. The Morgan fingerprint density at radius 2 is 2.22 bits per heavy atom. The van der Waals surface area contributed by atoms with Gasteiger partial charge in [0.15, 0.2) is 11.8 Å². The summed E-state index contributed by atoms with van der Waals surface area (Å²) in [6, 6.07) is 1.38. The molecule has 1 saturated heterocycles. The maximum Gasteiger partial charge on any atom is 0.351 e. The molecule has 1 aromatic rings. The third-order valence-electron chi connectivity index (χ3n) is 3.73. The molecule has 5 N–H and O–H groups in total. The number of nitrogens with zero attached hydrogens (tertiary/aromatic N) is 2. The Bertz CT molecular complexity index is 571. The van der Waals surface area contributed by atoms with Crippen molar-refractivity contribution in [2.45, 2.75) is 36.6 Å². The normalized spacial score (nSPS) is 45.9. The number of anilines is 1. The predicted octanol–water partition coefficient (Wildman–Crippen LogP) is -2.42. The summed E-state index contributed by atoms with van der Waals surface area (Å²) in [5, 5.41) is 29.8. The second-order valence-corrected chi connectivity index (χ2v) is 4.87. The van der Waals surface area contributed by atoms with Gasteiger partial charge in [-0.25, -0.2) is 4.79 Å². The van der Waals surface area contributed by atoms with Crippen molar-refractivity contribution < 1.29 is 20.1 Å². The maximum absolute atomic E-state index is 11.7. The summed E-state index contributed by atoms with van der Waals surface area (Å²) in [5.41, 5.74) is 1.12. The molecule has 1 aliphatic carbocycles. The summed E-state index contributed by atoms with van der Waals surface area (Å²) < 4.78 is 6.34. The lowest BCUT2D eigenvalue weighted by molar-refractivity contribution is -0.159. The van der Waals surface area contributed by atoms with Crippen molar-refractivity contribution in [1.29, 1.82) is 0 Å². The van der Waals surface area contributed by atoms with Crippen LogP contribution in [0.3, 0.4) is 0 Å². The smallest absolute Gasteiger partial charge is 0.351 e. The van der Waals surface area contributed by atoms with E-state index in [2.05, 4.69) is 4.98 Å². The molecule has 3 rings (SSSR count). The first-order valence-electron chi connectivity index (χ1n) is 5.43. The van der Waals surface area contributed by atoms with E-state index in [4.69, 9.17) is 10.5 Å². The zero-order valence-electron chi connectivity index (χ0n) is 9.52. The second kappa shape index (κ2) is 3.09. The van der Waals surface area contributed by atoms with Crippen LogP contribution in [0.15, 0.2) is 17.1 Å². The molecule has 2 aliphatic rings. The SMILES string of the molecule is C[C@]1(O)C(n2ccc(N)nc2=O)O[C@@H]2C(O)[C@@]21O. The van der Waals surface area contributed by atoms with Gasteiger partial charge in [-0.05, 0) is 13.0 Å². The highest BCUT2D eigenvalue weighted by Crippen LogP contribution is 2.58. The molecular formula is C10H13N3O5. The van der Waals surface area contributed by atoms with E-state index >= 15 is 0 Å². The first-order chi connectivity index (χ1) is 8.30. The van der Waals surface area contributed by atoms with E-state index < -0.39 is 35.3 Å². The van der Waals surface area contributed by atoms with Crippen LogP contribution < -0.4 is 11.4 Å². The highest BCUT2D eigenvalue weighted by molar-refractivity contribution is 5.30. The Morgan fingerprint density at radius 3 is 2.72 bits per heavy atom. The van der Waals surface area contributed by atoms with Crippen molar-refractivity contribution in [2.24, 2.45) is 0 Å². The van der Waals surface area contributed by atoms with Crippen LogP contribution in [0.4, 0.5) is 5.82 Å². The Balaban J connectivity index is 2.03. The first kappa shape index (κ1) is 11.6. The van der Waals surface area contributed by atoms with Crippen LogP contribution in [0.1, 0.15) is 13.2 Å². The highest BCUT2D eigenvalue weighted by atomic mass is 16.6. The third-order valence-corrected chi connectivity index (χ3v) is 3.73. The lowest BCUT2D eigenvalue weighted by atomic mass is 9.95. The van der Waals surface area contributed by atoms with Crippen LogP contribution in [-0.2, 0) is 4.74 Å². The molecule has 0 radical (unpaired) electrons. The van der Waals surface area contributed by atoms with Crippen LogP contribution in [0.5, 0.6) is 0 Å². The number of aromatic nitrogens is 2. The lowest BCUT2D eigenvalue weighted by Gasteiger charge is -2.32. The van der Waals surface area contributed by atoms with E-state index in [-0.39, 0.29) is 5.82 Å². The standard InChI is InChI=1S/C10H13N3O5/c1-9(16)7(18-6-5(14)10(6,9)17)13-3-2-4(11)12-8(13)15/h2-3,5-7,14,16-17H,1H3,(H2,11,12,15)/t5?,6-,7?,9+,10-/m1/s1. The molecule has 8 heteroatoms. The Kier molecular flexibility index (Phi) is 1.99. The average molecular weight is 255 g/mol. The van der Waals surface area contributed by atoms with Crippen molar-refractivity contribution >= 4 is 5.82 Å². The van der Waals surface area contributed by atoms with Gasteiger partial charge < -0.3 is 25.8 Å². The molecule has 0 spiro atoms. The molecule has 8 nitrogen and oxygen atoms in total. The van der Waals surface area contributed by atoms with Crippen LogP contribution in [0.2, 0.25) is 0 Å². The van der Waals surface area contributed by atoms with Crippen molar-refractivity contribution in [2.75, 3.05) is 5.73 Å². The molecule has 1 aliphatic heterocycles. The summed E-state index contributed by atoms with van der Waals surface area (Å²) in [6.07, 6.45) is -1.84. The molecule has 1 saturated carbocycles. The summed E-state index contributed by atoms with van der Waals surface area (Å²) in [6.45, 7) is 1.30. The van der Waals surface area contributed by atoms with E-state index in [0.29, 0.717) is 0 Å². The number of hydrogen-bond acceptors (Lipinski definition) is 7. The summed E-state index contributed by atoms with van der Waals surface area (Å²) in [4.78, 5) is 15.2. The van der Waals surface area contributed by atoms with Gasteiger partial charge in [-0.2, -0.15) is 4.98 Å². The molecule has 0 bridgehead atoms. The van der Waals surface area contributed by atoms with Gasteiger partial charge in [-0.1, -0.05) is 0 Å². The number of rotatable bonds is 1. The third kappa shape index (κ3) is 1.13. The van der Waals surface area contributed by atoms with Crippen LogP contribution >= 0.6 is 0 Å². The molecule has 98 valence electrons. The Hall–Kier alpha value is -1.48. The number of nitrogen functional groups attached to an aromatic ring is 1. The predicted molar refractivity (Wildman–Crippen MR) is 58.4 cm³/mol. The summed E-state index contributed by atoms with van der Waals surface area (Å²) >= 11 is 0. The number of hydrogen-bond donors (Lipinski definition) is 4. The molecule has 5 atom stereocenters. The Morgan fingerprint density at radius 1 is 1.56 bits per heavy atom. The van der Waals surface area contributed by atoms with Crippen molar-refractivity contribution in [3.63, 3.8) is 0 Å². The van der Waals surface area contributed by atoms with Crippen molar-refractivity contribution in [3.05, 3.63) is 22.7 Å². The van der Waals surface area contributed by atoms with Gasteiger partial charge in [0.25, 0.3) is 0 Å². The fourth-order valence-electron chi connectivity index (χ4n) is 2.50. The molecular weight excluding hydrogens is 242 g/mol. The lowest BCUT2D eigenvalue weighted by Crippen LogP contribution is -2.50. The largest absolute Gasteiger partial charge is 0.387 e. The van der Waals surface area contributed by atoms with E-state index in [1.165, 1.54) is 19.2 Å². The van der Waals surface area contributed by atoms with Gasteiger partial charge in [0.2, 0.25) is 0 Å². The molecule has 0 amide bonds. The topological polar surface area (TPSA) is 131 Å². The fourth-order valence-corrected chi connectivity index (χ4v) is 2.50. The fraction of sp³-hybridized carbons (Fsp3) is 0.600. The molecule has 1 aromatic heterocycles. The number of aliphatic hydroxyl groups excluding tert-OH is 1. The minimum absolute atomic E-state index is 0.0535. The van der Waals surface area contributed by atoms with Gasteiger partial charge in [0.1, 0.15) is 23.6 Å². The number of fused-ring (bicyclic) bond motifs is 1. The number of nitrogens with two attached hydrogens (primary N) is 1. The van der Waals surface area contributed by atoms with E-state index in [9.17, 15) is 20.1 Å². The van der Waals surface area contributed by atoms with Crippen LogP contribution in [0, 0.1) is 0 Å². The minimum atomic E-state index is -1.79. The molecule has 2 heterocycles. The quantitative estimate of drug-likeness (QED) is 0.439. The zero-order valence-corrected chi connectivity index (χ0v) is 9.52. The van der Waals surface area contributed by atoms with E-state index in [1.807, 2.05) is 0 Å². The van der Waals surface area contributed by atoms with Gasteiger partial charge in [-0.3, -0.25) is 4.57 Å². The minimum Gasteiger partial charge on any atom is -0.387 e. The van der Waals surface area contributed by atoms with Crippen LogP contribution in [-0.4, -0.2) is 48.3 Å². The molecule has 18 heavy (non-hydrogen) atoms. The average Bonchev–Trinajstić information content (AvgIpc) is 2.72. The maximum atomic E-state index is 11.7. The van der Waals surface area contributed by atoms with Gasteiger partial charge >= 0.3 is 5.69 Å². The zero-order chi connectivity index (χ0) is 13.3. The van der Waals surface area contributed by atoms with Crippen molar-refractivity contribution in [3.8, 4) is 0 Å². The van der Waals surface area contributed by atoms with Gasteiger partial charge in [-0.15, -0.1) is 0 Å². The van der Waals surface area contributed by atoms with Gasteiger partial charge in [0.05, 0.1) is 0 Å². The molecule has 2 fully saturated rings. The molecule has 0 aromatic carbocycles. The monoisotopic (exact) mass is 255 g/mol. The summed E-state index contributed by atoms with van der Waals surface area (Å²) in [5.74, 6) is 0.0535. The molecule has 2 unspecified atom stereocenters. The van der Waals surface area contributed by atoms with E-state index in [1.54, 1.807) is 0 Å².